The Balaban J connectivity index is 2.50. The van der Waals surface area contributed by atoms with Gasteiger partial charge >= 0.3 is 12.0 Å². The molecule has 84 valence electrons. The van der Waals surface area contributed by atoms with Gasteiger partial charge in [-0.25, -0.2) is 4.79 Å². The minimum absolute atomic E-state index is 0.0879. The monoisotopic (exact) mass is 241 g/mol. The van der Waals surface area contributed by atoms with Crippen LogP contribution in [0.1, 0.15) is 21.9 Å². The fraction of sp³-hybridized carbons (Fsp3) is 0.222. The van der Waals surface area contributed by atoms with Gasteiger partial charge in [0.1, 0.15) is 6.26 Å². The second-order valence-corrected chi connectivity index (χ2v) is 3.60. The molecule has 7 heteroatoms. The molecule has 0 radical (unpaired) electrons. The smallest absolute Gasteiger partial charge is 0.357 e. The molecular formula is C9H8ClN3O3. The van der Waals surface area contributed by atoms with Crippen molar-refractivity contribution in [3.05, 3.63) is 28.4 Å². The molecule has 0 fully saturated rings. The number of carboxylic acid groups (broad SMARTS) is 1. The van der Waals surface area contributed by atoms with Crippen molar-refractivity contribution in [2.45, 2.75) is 13.8 Å². The second kappa shape index (κ2) is 3.64. The van der Waals surface area contributed by atoms with Crippen LogP contribution in [0.4, 0.5) is 0 Å². The second-order valence-electron chi connectivity index (χ2n) is 3.22. The van der Waals surface area contributed by atoms with Gasteiger partial charge in [-0.2, -0.15) is 14.8 Å². The van der Waals surface area contributed by atoms with Crippen LogP contribution in [0.25, 0.3) is 6.01 Å². The van der Waals surface area contributed by atoms with E-state index in [1.807, 2.05) is 0 Å². The number of rotatable bonds is 2. The summed E-state index contributed by atoms with van der Waals surface area (Å²) in [6.07, 6.45) is 1.06. The summed E-state index contributed by atoms with van der Waals surface area (Å²) < 4.78 is 6.38. The number of halogens is 1. The Kier molecular flexibility index (Phi) is 2.43. The summed E-state index contributed by atoms with van der Waals surface area (Å²) in [6.45, 7) is 3.49. The summed E-state index contributed by atoms with van der Waals surface area (Å²) in [6, 6.07) is 0.0879. The Hall–Kier alpha value is -1.82. The van der Waals surface area contributed by atoms with Gasteiger partial charge in [-0.15, -0.1) is 0 Å². The number of nitrogens with zero attached hydrogens (tertiary/aromatic N) is 3. The number of aryl methyl sites for hydroxylation is 1. The number of carbonyl (C=O) groups is 1. The van der Waals surface area contributed by atoms with Gasteiger partial charge in [0.15, 0.2) is 5.69 Å². The first-order valence-electron chi connectivity index (χ1n) is 4.41. The van der Waals surface area contributed by atoms with Crippen LogP contribution in [-0.4, -0.2) is 25.8 Å². The number of hydrogen-bond donors (Lipinski definition) is 1. The first-order chi connectivity index (χ1) is 7.50. The molecule has 0 aliphatic heterocycles. The topological polar surface area (TPSA) is 81.2 Å². The van der Waals surface area contributed by atoms with Crippen molar-refractivity contribution in [2.75, 3.05) is 0 Å². The molecule has 0 aliphatic carbocycles. The molecule has 6 nitrogen and oxygen atoms in total. The van der Waals surface area contributed by atoms with Gasteiger partial charge in [-0.3, -0.25) is 0 Å². The maximum absolute atomic E-state index is 10.6. The Morgan fingerprint density at radius 3 is 2.69 bits per heavy atom. The minimum atomic E-state index is -1.15. The minimum Gasteiger partial charge on any atom is -0.476 e. The third-order valence-electron chi connectivity index (χ3n) is 2.10. The molecule has 2 aromatic rings. The van der Waals surface area contributed by atoms with Gasteiger partial charge in [0.2, 0.25) is 0 Å². The summed E-state index contributed by atoms with van der Waals surface area (Å²) in [7, 11) is 0. The number of oxazole rings is 1. The summed E-state index contributed by atoms with van der Waals surface area (Å²) in [4.78, 5) is 14.4. The highest BCUT2D eigenvalue weighted by atomic mass is 35.5. The molecule has 0 saturated carbocycles. The number of aromatic nitrogens is 3. The molecule has 0 spiro atoms. The third kappa shape index (κ3) is 1.57. The van der Waals surface area contributed by atoms with Crippen LogP contribution in [0.15, 0.2) is 10.7 Å². The summed E-state index contributed by atoms with van der Waals surface area (Å²) >= 11 is 5.95. The quantitative estimate of drug-likeness (QED) is 0.867. The Bertz CT molecular complexity index is 558. The molecule has 0 aromatic carbocycles. The van der Waals surface area contributed by atoms with E-state index in [2.05, 4.69) is 10.1 Å². The van der Waals surface area contributed by atoms with Crippen molar-refractivity contribution >= 4 is 17.6 Å². The van der Waals surface area contributed by atoms with Gasteiger partial charge in [-0.05, 0) is 13.8 Å². The summed E-state index contributed by atoms with van der Waals surface area (Å²) in [5.74, 6) is -1.15. The van der Waals surface area contributed by atoms with Gasteiger partial charge < -0.3 is 9.52 Å². The van der Waals surface area contributed by atoms with E-state index in [9.17, 15) is 4.79 Å². The average molecular weight is 242 g/mol. The molecule has 2 rings (SSSR count). The molecule has 16 heavy (non-hydrogen) atoms. The zero-order valence-corrected chi connectivity index (χ0v) is 9.32. The lowest BCUT2D eigenvalue weighted by molar-refractivity contribution is 0.0690. The van der Waals surface area contributed by atoms with Crippen LogP contribution in [0.3, 0.4) is 0 Å². The Morgan fingerprint density at radius 1 is 1.56 bits per heavy atom. The number of carboxylic acids is 1. The maximum Gasteiger partial charge on any atom is 0.357 e. The predicted octanol–water partition coefficient (Wildman–Crippen LogP) is 1.83. The standard InChI is InChI=1S/C9H8ClN3O3/c1-4-7(10)5(2)13(12-4)9-11-6(3-16-9)8(14)15/h3H,1-2H3,(H,14,15). The molecule has 0 aliphatic rings. The van der Waals surface area contributed by atoms with Crippen LogP contribution in [-0.2, 0) is 0 Å². The van der Waals surface area contributed by atoms with Crippen molar-refractivity contribution in [1.82, 2.24) is 14.8 Å². The largest absolute Gasteiger partial charge is 0.476 e. The van der Waals surface area contributed by atoms with E-state index < -0.39 is 5.97 Å². The molecule has 0 bridgehead atoms. The summed E-state index contributed by atoms with van der Waals surface area (Å²) in [5, 5.41) is 13.3. The maximum atomic E-state index is 10.6. The lowest BCUT2D eigenvalue weighted by Gasteiger charge is -1.95. The van der Waals surface area contributed by atoms with E-state index >= 15 is 0 Å². The lowest BCUT2D eigenvalue weighted by Crippen LogP contribution is -2.01. The normalized spacial score (nSPS) is 10.7. The van der Waals surface area contributed by atoms with Crippen molar-refractivity contribution in [1.29, 1.82) is 0 Å². The summed E-state index contributed by atoms with van der Waals surface area (Å²) in [5.41, 5.74) is 1.12. The van der Waals surface area contributed by atoms with E-state index in [0.717, 1.165) is 6.26 Å². The highest BCUT2D eigenvalue weighted by Crippen LogP contribution is 2.21. The molecule has 0 unspecified atom stereocenters. The molecule has 0 saturated heterocycles. The zero-order chi connectivity index (χ0) is 11.9. The molecular weight excluding hydrogens is 234 g/mol. The van der Waals surface area contributed by atoms with Crippen LogP contribution >= 0.6 is 11.6 Å². The van der Waals surface area contributed by atoms with Crippen LogP contribution in [0, 0.1) is 13.8 Å². The predicted molar refractivity (Wildman–Crippen MR) is 55.1 cm³/mol. The number of hydrogen-bond acceptors (Lipinski definition) is 4. The van der Waals surface area contributed by atoms with Gasteiger partial charge in [0.05, 0.1) is 16.4 Å². The van der Waals surface area contributed by atoms with E-state index in [1.54, 1.807) is 13.8 Å². The third-order valence-corrected chi connectivity index (χ3v) is 2.64. The molecule has 0 atom stereocenters. The highest BCUT2D eigenvalue weighted by Gasteiger charge is 2.17. The van der Waals surface area contributed by atoms with E-state index in [-0.39, 0.29) is 11.7 Å². The molecule has 1 N–H and O–H groups in total. The molecule has 0 amide bonds. The molecule has 2 aromatic heterocycles. The first kappa shape index (κ1) is 10.7. The zero-order valence-electron chi connectivity index (χ0n) is 8.56. The van der Waals surface area contributed by atoms with Crippen molar-refractivity contribution in [3.8, 4) is 6.01 Å². The van der Waals surface area contributed by atoms with E-state index in [1.165, 1.54) is 4.68 Å². The molecule has 2 heterocycles. The van der Waals surface area contributed by atoms with Gasteiger partial charge in [0, 0.05) is 0 Å². The van der Waals surface area contributed by atoms with Crippen LogP contribution < -0.4 is 0 Å². The van der Waals surface area contributed by atoms with E-state index in [0.29, 0.717) is 16.4 Å². The fourth-order valence-electron chi connectivity index (χ4n) is 1.27. The fourth-order valence-corrected chi connectivity index (χ4v) is 1.39. The van der Waals surface area contributed by atoms with Gasteiger partial charge in [-0.1, -0.05) is 11.6 Å². The Morgan fingerprint density at radius 2 is 2.25 bits per heavy atom. The lowest BCUT2D eigenvalue weighted by atomic mass is 10.4. The van der Waals surface area contributed by atoms with Crippen molar-refractivity contribution < 1.29 is 14.3 Å². The van der Waals surface area contributed by atoms with Crippen molar-refractivity contribution in [2.24, 2.45) is 0 Å². The van der Waals surface area contributed by atoms with E-state index in [4.69, 9.17) is 21.1 Å². The Labute approximate surface area is 95.5 Å². The average Bonchev–Trinajstić information content (AvgIpc) is 2.79. The highest BCUT2D eigenvalue weighted by molar-refractivity contribution is 6.31. The van der Waals surface area contributed by atoms with Crippen LogP contribution in [0.2, 0.25) is 5.02 Å². The first-order valence-corrected chi connectivity index (χ1v) is 4.79. The van der Waals surface area contributed by atoms with Gasteiger partial charge in [0.25, 0.3) is 0 Å². The van der Waals surface area contributed by atoms with Crippen LogP contribution in [0.5, 0.6) is 0 Å². The van der Waals surface area contributed by atoms with Crippen molar-refractivity contribution in [3.63, 3.8) is 0 Å². The SMILES string of the molecule is Cc1nn(-c2nc(C(=O)O)co2)c(C)c1Cl. The number of aromatic carboxylic acids is 1.